The Kier molecular flexibility index (Phi) is 7.28. The lowest BCUT2D eigenvalue weighted by Gasteiger charge is -2.23. The first kappa shape index (κ1) is 21.2. The summed E-state index contributed by atoms with van der Waals surface area (Å²) in [5, 5.41) is 0. The van der Waals surface area contributed by atoms with Crippen LogP contribution >= 0.6 is 0 Å². The summed E-state index contributed by atoms with van der Waals surface area (Å²) in [5.74, 6) is 1.02. The summed E-state index contributed by atoms with van der Waals surface area (Å²) in [6, 6.07) is 23.8. The van der Waals surface area contributed by atoms with Gasteiger partial charge in [0, 0.05) is 18.8 Å². The molecule has 4 heteroatoms. The van der Waals surface area contributed by atoms with Gasteiger partial charge in [-0.1, -0.05) is 48.5 Å². The first-order valence-electron chi connectivity index (χ1n) is 9.98. The predicted octanol–water partition coefficient (Wildman–Crippen LogP) is 5.63. The van der Waals surface area contributed by atoms with Crippen LogP contribution in [0.2, 0.25) is 0 Å². The van der Waals surface area contributed by atoms with Gasteiger partial charge in [-0.25, -0.2) is 0 Å². The van der Waals surface area contributed by atoms with Gasteiger partial charge in [0.25, 0.3) is 0 Å². The average molecular weight is 402 g/mol. The molecule has 0 unspecified atom stereocenters. The fourth-order valence-corrected chi connectivity index (χ4v) is 3.25. The average Bonchev–Trinajstić information content (AvgIpc) is 2.81. The highest BCUT2D eigenvalue weighted by molar-refractivity contribution is 6.08. The van der Waals surface area contributed by atoms with E-state index < -0.39 is 0 Å². The first-order valence-corrected chi connectivity index (χ1v) is 9.98. The van der Waals surface area contributed by atoms with Crippen molar-refractivity contribution in [2.75, 3.05) is 25.7 Å². The van der Waals surface area contributed by atoms with E-state index in [4.69, 9.17) is 9.47 Å². The number of hydrogen-bond donors (Lipinski definition) is 0. The SMILES string of the molecule is CCN(Cc1ccccc1)c1ccc(/C=C/C(=O)c2cc(OC)ccc2OC)cc1. The van der Waals surface area contributed by atoms with Crippen molar-refractivity contribution in [1.82, 2.24) is 0 Å². The normalized spacial score (nSPS) is 10.8. The molecule has 0 atom stereocenters. The Bertz CT molecular complexity index is 995. The number of rotatable bonds is 9. The molecule has 4 nitrogen and oxygen atoms in total. The van der Waals surface area contributed by atoms with Crippen molar-refractivity contribution in [2.24, 2.45) is 0 Å². The molecule has 0 bridgehead atoms. The lowest BCUT2D eigenvalue weighted by molar-refractivity contribution is 0.104. The van der Waals surface area contributed by atoms with E-state index in [9.17, 15) is 4.79 Å². The third-order valence-corrected chi connectivity index (χ3v) is 4.96. The Morgan fingerprint density at radius 1 is 0.933 bits per heavy atom. The van der Waals surface area contributed by atoms with Gasteiger partial charge in [0.15, 0.2) is 5.78 Å². The van der Waals surface area contributed by atoms with Crippen LogP contribution in [0.4, 0.5) is 5.69 Å². The fraction of sp³-hybridized carbons (Fsp3) is 0.192. The van der Waals surface area contributed by atoms with Crippen molar-refractivity contribution >= 4 is 17.5 Å². The fourth-order valence-electron chi connectivity index (χ4n) is 3.25. The highest BCUT2D eigenvalue weighted by atomic mass is 16.5. The molecule has 0 amide bonds. The molecule has 0 saturated heterocycles. The van der Waals surface area contributed by atoms with Crippen LogP contribution in [-0.4, -0.2) is 26.5 Å². The molecule has 154 valence electrons. The number of carbonyl (C=O) groups is 1. The summed E-state index contributed by atoms with van der Waals surface area (Å²) >= 11 is 0. The lowest BCUT2D eigenvalue weighted by atomic mass is 10.1. The third-order valence-electron chi connectivity index (χ3n) is 4.96. The highest BCUT2D eigenvalue weighted by Crippen LogP contribution is 2.25. The van der Waals surface area contributed by atoms with E-state index in [0.29, 0.717) is 17.1 Å². The maximum absolute atomic E-state index is 12.7. The standard InChI is InChI=1S/C26H27NO3/c1-4-27(19-21-8-6-5-7-9-21)22-13-10-20(11-14-22)12-16-25(28)24-18-23(29-2)15-17-26(24)30-3/h5-18H,4,19H2,1-3H3/b16-12+. The molecule has 0 saturated carbocycles. The van der Waals surface area contributed by atoms with Gasteiger partial charge in [-0.05, 0) is 54.5 Å². The van der Waals surface area contributed by atoms with Gasteiger partial charge in [-0.2, -0.15) is 0 Å². The number of nitrogens with zero attached hydrogens (tertiary/aromatic N) is 1. The van der Waals surface area contributed by atoms with Gasteiger partial charge in [0.05, 0.1) is 19.8 Å². The smallest absolute Gasteiger partial charge is 0.189 e. The Balaban J connectivity index is 1.72. The van der Waals surface area contributed by atoms with Crippen LogP contribution < -0.4 is 14.4 Å². The maximum Gasteiger partial charge on any atom is 0.189 e. The van der Waals surface area contributed by atoms with E-state index in [1.807, 2.05) is 24.3 Å². The lowest BCUT2D eigenvalue weighted by Crippen LogP contribution is -2.21. The molecule has 0 radical (unpaired) electrons. The van der Waals surface area contributed by atoms with Crippen molar-refractivity contribution in [3.63, 3.8) is 0 Å². The van der Waals surface area contributed by atoms with Crippen LogP contribution in [0.1, 0.15) is 28.4 Å². The van der Waals surface area contributed by atoms with E-state index in [1.165, 1.54) is 5.56 Å². The Morgan fingerprint density at radius 2 is 1.67 bits per heavy atom. The molecular weight excluding hydrogens is 374 g/mol. The summed E-state index contributed by atoms with van der Waals surface area (Å²) in [4.78, 5) is 15.0. The second-order valence-electron chi connectivity index (χ2n) is 6.86. The number of ether oxygens (including phenoxy) is 2. The van der Waals surface area contributed by atoms with E-state index in [0.717, 1.165) is 24.3 Å². The summed E-state index contributed by atoms with van der Waals surface area (Å²) < 4.78 is 10.5. The molecule has 0 aliphatic heterocycles. The molecule has 3 rings (SSSR count). The highest BCUT2D eigenvalue weighted by Gasteiger charge is 2.11. The van der Waals surface area contributed by atoms with Gasteiger partial charge in [-0.3, -0.25) is 4.79 Å². The molecule has 3 aromatic rings. The maximum atomic E-state index is 12.7. The van der Waals surface area contributed by atoms with Crippen molar-refractivity contribution in [3.05, 3.63) is 95.6 Å². The molecule has 0 heterocycles. The number of hydrogen-bond acceptors (Lipinski definition) is 4. The van der Waals surface area contributed by atoms with Crippen molar-refractivity contribution < 1.29 is 14.3 Å². The monoisotopic (exact) mass is 401 g/mol. The number of carbonyl (C=O) groups excluding carboxylic acids is 1. The number of benzene rings is 3. The second-order valence-corrected chi connectivity index (χ2v) is 6.86. The molecule has 0 aromatic heterocycles. The van der Waals surface area contributed by atoms with Gasteiger partial charge >= 0.3 is 0 Å². The summed E-state index contributed by atoms with van der Waals surface area (Å²) in [6.45, 7) is 3.93. The van der Waals surface area contributed by atoms with Crippen molar-refractivity contribution in [1.29, 1.82) is 0 Å². The zero-order valence-corrected chi connectivity index (χ0v) is 17.7. The van der Waals surface area contributed by atoms with Gasteiger partial charge in [0.2, 0.25) is 0 Å². The molecule has 3 aromatic carbocycles. The Hall–Kier alpha value is -3.53. The van der Waals surface area contributed by atoms with E-state index >= 15 is 0 Å². The first-order chi connectivity index (χ1) is 14.6. The van der Waals surface area contributed by atoms with Crippen LogP contribution in [0.3, 0.4) is 0 Å². The molecule has 0 N–H and O–H groups in total. The minimum absolute atomic E-state index is 0.130. The van der Waals surface area contributed by atoms with E-state index in [2.05, 4.69) is 48.2 Å². The van der Waals surface area contributed by atoms with E-state index in [1.54, 1.807) is 38.5 Å². The minimum atomic E-state index is -0.130. The molecule has 30 heavy (non-hydrogen) atoms. The largest absolute Gasteiger partial charge is 0.497 e. The van der Waals surface area contributed by atoms with Crippen molar-refractivity contribution in [3.8, 4) is 11.5 Å². The van der Waals surface area contributed by atoms with Crippen LogP contribution in [0.5, 0.6) is 11.5 Å². The molecule has 0 spiro atoms. The summed E-state index contributed by atoms with van der Waals surface area (Å²) in [5.41, 5.74) is 3.87. The third kappa shape index (κ3) is 5.29. The summed E-state index contributed by atoms with van der Waals surface area (Å²) in [7, 11) is 3.13. The number of allylic oxidation sites excluding steroid dienone is 1. The number of anilines is 1. The molecule has 0 aliphatic carbocycles. The zero-order valence-electron chi connectivity index (χ0n) is 17.7. The molecule has 0 fully saturated rings. The van der Waals surface area contributed by atoms with Gasteiger partial charge < -0.3 is 14.4 Å². The molecule has 0 aliphatic rings. The Morgan fingerprint density at radius 3 is 2.30 bits per heavy atom. The van der Waals surface area contributed by atoms with Crippen LogP contribution in [-0.2, 0) is 6.54 Å². The number of methoxy groups -OCH3 is 2. The van der Waals surface area contributed by atoms with Crippen molar-refractivity contribution in [2.45, 2.75) is 13.5 Å². The van der Waals surface area contributed by atoms with Crippen LogP contribution in [0.25, 0.3) is 6.08 Å². The topological polar surface area (TPSA) is 38.8 Å². The van der Waals surface area contributed by atoms with Crippen LogP contribution in [0, 0.1) is 0 Å². The number of ketones is 1. The minimum Gasteiger partial charge on any atom is -0.497 e. The zero-order chi connectivity index (χ0) is 21.3. The quantitative estimate of drug-likeness (QED) is 0.344. The predicted molar refractivity (Wildman–Crippen MR) is 123 cm³/mol. The van der Waals surface area contributed by atoms with Crippen LogP contribution in [0.15, 0.2) is 78.9 Å². The molecular formula is C26H27NO3. The van der Waals surface area contributed by atoms with E-state index in [-0.39, 0.29) is 5.78 Å². The Labute approximate surface area is 178 Å². The second kappa shape index (κ2) is 10.3. The summed E-state index contributed by atoms with van der Waals surface area (Å²) in [6.07, 6.45) is 3.38. The van der Waals surface area contributed by atoms with Gasteiger partial charge in [-0.15, -0.1) is 0 Å². The van der Waals surface area contributed by atoms with Gasteiger partial charge in [0.1, 0.15) is 11.5 Å².